The van der Waals surface area contributed by atoms with Gasteiger partial charge in [0.1, 0.15) is 5.82 Å². The van der Waals surface area contributed by atoms with Gasteiger partial charge in [0.2, 0.25) is 0 Å². The van der Waals surface area contributed by atoms with Crippen molar-refractivity contribution >= 4 is 87.2 Å². The molecule has 0 unspecified atom stereocenters. The van der Waals surface area contributed by atoms with E-state index in [1.165, 1.54) is 12.1 Å². The molecule has 0 amide bonds. The molecule has 0 aliphatic heterocycles. The normalized spacial score (nSPS) is 12.6. The maximum atomic E-state index is 14.7. The zero-order valence-electron chi connectivity index (χ0n) is 32.3. The van der Waals surface area contributed by atoms with Crippen LogP contribution in [0.5, 0.6) is 0 Å². The third kappa shape index (κ3) is 4.59. The summed E-state index contributed by atoms with van der Waals surface area (Å²) in [5, 5.41) is 8.74. The van der Waals surface area contributed by atoms with Crippen LogP contribution in [0.1, 0.15) is 11.1 Å². The van der Waals surface area contributed by atoms with Gasteiger partial charge >= 0.3 is 6.18 Å². The number of para-hydroxylation sites is 4. The third-order valence-corrected chi connectivity index (χ3v) is 12.5. The standard InChI is InChI=1S/C51H34F3N5/c1-29-24-30(26-31(25-29)51(52,53)54)40-27-46(59-44-19-11-7-15-35(44)39-23-21-37-33-13-5-9-17-42(33)57(3)48(37)50(39)59)55-28-45(40)58-43-18-10-6-14-34(43)38-22-20-36-32-12-4-8-16-41(32)56(2)47(36)49(38)58/h4-28H,1-3H3. The van der Waals surface area contributed by atoms with E-state index in [-0.39, 0.29) is 0 Å². The van der Waals surface area contributed by atoms with Gasteiger partial charge in [-0.2, -0.15) is 13.2 Å². The molecule has 0 aliphatic rings. The molecule has 0 fully saturated rings. The van der Waals surface area contributed by atoms with Crippen LogP contribution in [0.15, 0.2) is 152 Å². The molecule has 0 bridgehead atoms. The quantitative estimate of drug-likeness (QED) is 0.176. The summed E-state index contributed by atoms with van der Waals surface area (Å²) in [6.07, 6.45) is -2.68. The second-order valence-electron chi connectivity index (χ2n) is 15.7. The number of benzene rings is 7. The molecule has 5 heterocycles. The molecule has 284 valence electrons. The molecule has 0 saturated heterocycles. The molecule has 8 heteroatoms. The van der Waals surface area contributed by atoms with Crippen molar-refractivity contribution in [3.05, 3.63) is 163 Å². The van der Waals surface area contributed by atoms with Gasteiger partial charge in [0.15, 0.2) is 0 Å². The summed E-state index contributed by atoms with van der Waals surface area (Å²) in [5.74, 6) is 0.610. The van der Waals surface area contributed by atoms with Crippen LogP contribution in [0.3, 0.4) is 0 Å². The van der Waals surface area contributed by atoms with Crippen LogP contribution >= 0.6 is 0 Å². The number of halogens is 3. The average Bonchev–Trinajstić information content (AvgIpc) is 3.95. The van der Waals surface area contributed by atoms with Crippen molar-refractivity contribution in [1.29, 1.82) is 0 Å². The lowest BCUT2D eigenvalue weighted by molar-refractivity contribution is -0.137. The minimum absolute atomic E-state index is 0.460. The van der Waals surface area contributed by atoms with Gasteiger partial charge in [0.25, 0.3) is 0 Å². The van der Waals surface area contributed by atoms with Gasteiger partial charge in [-0.15, -0.1) is 0 Å². The largest absolute Gasteiger partial charge is 0.416 e. The fourth-order valence-electron chi connectivity index (χ4n) is 9.98. The van der Waals surface area contributed by atoms with Gasteiger partial charge in [-0.3, -0.25) is 4.57 Å². The van der Waals surface area contributed by atoms with Crippen molar-refractivity contribution in [2.75, 3.05) is 0 Å². The van der Waals surface area contributed by atoms with Crippen molar-refractivity contribution in [2.45, 2.75) is 13.1 Å². The Bertz CT molecular complexity index is 3760. The highest BCUT2D eigenvalue weighted by Gasteiger charge is 2.32. The summed E-state index contributed by atoms with van der Waals surface area (Å²) in [6, 6.07) is 48.4. The predicted octanol–water partition coefficient (Wildman–Crippen LogP) is 13.6. The van der Waals surface area contributed by atoms with E-state index in [2.05, 4.69) is 123 Å². The van der Waals surface area contributed by atoms with Gasteiger partial charge in [0, 0.05) is 73.8 Å². The molecular formula is C51H34F3N5. The average molecular weight is 774 g/mol. The lowest BCUT2D eigenvalue weighted by atomic mass is 9.99. The predicted molar refractivity (Wildman–Crippen MR) is 236 cm³/mol. The van der Waals surface area contributed by atoms with Crippen molar-refractivity contribution in [2.24, 2.45) is 14.1 Å². The lowest BCUT2D eigenvalue weighted by Gasteiger charge is -2.18. The first-order valence-electron chi connectivity index (χ1n) is 19.7. The molecule has 5 nitrogen and oxygen atoms in total. The number of aromatic nitrogens is 5. The highest BCUT2D eigenvalue weighted by atomic mass is 19.4. The van der Waals surface area contributed by atoms with Crippen molar-refractivity contribution < 1.29 is 13.2 Å². The van der Waals surface area contributed by atoms with Crippen LogP contribution < -0.4 is 0 Å². The Morgan fingerprint density at radius 2 is 0.898 bits per heavy atom. The highest BCUT2D eigenvalue weighted by Crippen LogP contribution is 2.45. The van der Waals surface area contributed by atoms with Gasteiger partial charge in [-0.1, -0.05) is 103 Å². The van der Waals surface area contributed by atoms with E-state index in [1.807, 2.05) is 48.7 Å². The number of pyridine rings is 1. The van der Waals surface area contributed by atoms with Crippen LogP contribution in [0.25, 0.3) is 110 Å². The molecule has 5 aromatic heterocycles. The Morgan fingerprint density at radius 1 is 0.458 bits per heavy atom. The van der Waals surface area contributed by atoms with Crippen molar-refractivity contribution in [1.82, 2.24) is 23.3 Å². The van der Waals surface area contributed by atoms with E-state index in [0.29, 0.717) is 28.2 Å². The maximum Gasteiger partial charge on any atom is 0.416 e. The SMILES string of the molecule is Cc1cc(-c2cc(-n3c4ccccc4c4ccc5c6ccccc6n(C)c5c43)ncc2-n2c3ccccc3c3ccc4c5ccccc5n(C)c4c32)cc(C(F)(F)F)c1. The molecule has 0 spiro atoms. The van der Waals surface area contributed by atoms with Crippen LogP contribution in [-0.2, 0) is 20.3 Å². The van der Waals surface area contributed by atoms with Crippen LogP contribution in [0.4, 0.5) is 13.2 Å². The van der Waals surface area contributed by atoms with Crippen molar-refractivity contribution in [3.63, 3.8) is 0 Å². The van der Waals surface area contributed by atoms with Gasteiger partial charge in [0.05, 0.1) is 50.5 Å². The highest BCUT2D eigenvalue weighted by molar-refractivity contribution is 6.24. The van der Waals surface area contributed by atoms with E-state index in [0.717, 1.165) is 87.2 Å². The van der Waals surface area contributed by atoms with E-state index < -0.39 is 11.7 Å². The first-order valence-corrected chi connectivity index (χ1v) is 19.7. The van der Waals surface area contributed by atoms with Gasteiger partial charge in [-0.25, -0.2) is 4.98 Å². The maximum absolute atomic E-state index is 14.7. The summed E-state index contributed by atoms with van der Waals surface area (Å²) in [7, 11) is 4.18. The zero-order chi connectivity index (χ0) is 39.9. The number of nitrogens with zero attached hydrogens (tertiary/aromatic N) is 5. The van der Waals surface area contributed by atoms with Crippen LogP contribution in [0, 0.1) is 6.92 Å². The molecular weight excluding hydrogens is 740 g/mol. The number of alkyl halides is 3. The smallest absolute Gasteiger partial charge is 0.342 e. The fraction of sp³-hybridized carbons (Fsp3) is 0.0784. The Hall–Kier alpha value is -7.32. The molecule has 0 saturated carbocycles. The Balaban J connectivity index is 1.25. The van der Waals surface area contributed by atoms with E-state index in [9.17, 15) is 13.2 Å². The minimum atomic E-state index is -4.54. The number of rotatable bonds is 3. The molecule has 7 aromatic carbocycles. The van der Waals surface area contributed by atoms with E-state index >= 15 is 0 Å². The second kappa shape index (κ2) is 11.9. The Morgan fingerprint density at radius 3 is 1.42 bits per heavy atom. The number of fused-ring (bicyclic) bond motifs is 14. The number of hydrogen-bond donors (Lipinski definition) is 0. The lowest BCUT2D eigenvalue weighted by Crippen LogP contribution is -2.07. The summed E-state index contributed by atoms with van der Waals surface area (Å²) >= 11 is 0. The second-order valence-corrected chi connectivity index (χ2v) is 15.7. The Kier molecular flexibility index (Phi) is 6.79. The first-order chi connectivity index (χ1) is 28.7. The summed E-state index contributed by atoms with van der Waals surface area (Å²) in [6.45, 7) is 1.73. The molecule has 0 aliphatic carbocycles. The molecule has 0 atom stereocenters. The summed E-state index contributed by atoms with van der Waals surface area (Å²) in [5.41, 5.74) is 9.77. The number of aryl methyl sites for hydroxylation is 3. The Labute approximate surface area is 335 Å². The van der Waals surface area contributed by atoms with E-state index in [1.54, 1.807) is 6.92 Å². The fourth-order valence-corrected chi connectivity index (χ4v) is 9.98. The molecule has 59 heavy (non-hydrogen) atoms. The van der Waals surface area contributed by atoms with Gasteiger partial charge in [-0.05, 0) is 60.5 Å². The summed E-state index contributed by atoms with van der Waals surface area (Å²) < 4.78 is 52.9. The molecule has 12 rings (SSSR count). The molecule has 0 N–H and O–H groups in total. The monoisotopic (exact) mass is 773 g/mol. The van der Waals surface area contributed by atoms with Crippen molar-refractivity contribution in [3.8, 4) is 22.6 Å². The van der Waals surface area contributed by atoms with Crippen LogP contribution in [-0.4, -0.2) is 23.3 Å². The topological polar surface area (TPSA) is 32.6 Å². The zero-order valence-corrected chi connectivity index (χ0v) is 32.3. The molecule has 0 radical (unpaired) electrons. The molecule has 12 aromatic rings. The minimum Gasteiger partial charge on any atom is -0.342 e. The summed E-state index contributed by atoms with van der Waals surface area (Å²) in [4.78, 5) is 5.31. The first kappa shape index (κ1) is 33.8. The van der Waals surface area contributed by atoms with Crippen LogP contribution in [0.2, 0.25) is 0 Å². The third-order valence-electron chi connectivity index (χ3n) is 12.5. The van der Waals surface area contributed by atoms with Gasteiger partial charge < -0.3 is 13.7 Å². The van der Waals surface area contributed by atoms with E-state index in [4.69, 9.17) is 4.98 Å². The number of hydrogen-bond acceptors (Lipinski definition) is 1.